The monoisotopic (exact) mass is 351 g/mol. The molecule has 2 rings (SSSR count). The van der Waals surface area contributed by atoms with Gasteiger partial charge in [-0.3, -0.25) is 9.59 Å². The highest BCUT2D eigenvalue weighted by atomic mass is 35.5. The Labute approximate surface area is 146 Å². The van der Waals surface area contributed by atoms with Gasteiger partial charge >= 0.3 is 0 Å². The average Bonchev–Trinajstić information content (AvgIpc) is 3.03. The van der Waals surface area contributed by atoms with Crippen LogP contribution in [0.1, 0.15) is 32.8 Å². The van der Waals surface area contributed by atoms with Crippen molar-refractivity contribution in [1.82, 2.24) is 10.6 Å². The summed E-state index contributed by atoms with van der Waals surface area (Å²) in [5.41, 5.74) is 1.54. The summed E-state index contributed by atoms with van der Waals surface area (Å²) in [6.45, 7) is 6.23. The van der Waals surface area contributed by atoms with Gasteiger partial charge in [-0.2, -0.15) is 0 Å². The number of oxime groups is 1. The largest absolute Gasteiger partial charge is 0.382 e. The van der Waals surface area contributed by atoms with Crippen LogP contribution < -0.4 is 10.6 Å². The van der Waals surface area contributed by atoms with Crippen LogP contribution in [0.2, 0.25) is 5.02 Å². The molecule has 1 heterocycles. The molecule has 1 aliphatic heterocycles. The SMILES string of the molecule is CC(C)CNC(=O)[C@@H](C)NC(=O)[C@@H]1CC(c2ccc(Cl)cc2)=NO1. The van der Waals surface area contributed by atoms with Gasteiger partial charge in [-0.1, -0.05) is 42.7 Å². The predicted octanol–water partition coefficient (Wildman–Crippen LogP) is 2.11. The van der Waals surface area contributed by atoms with Crippen molar-refractivity contribution in [2.75, 3.05) is 6.54 Å². The second-order valence-corrected chi connectivity index (χ2v) is 6.65. The summed E-state index contributed by atoms with van der Waals surface area (Å²) in [4.78, 5) is 29.3. The normalized spacial score (nSPS) is 17.9. The summed E-state index contributed by atoms with van der Waals surface area (Å²) >= 11 is 5.86. The third-order valence-electron chi connectivity index (χ3n) is 3.58. The van der Waals surface area contributed by atoms with E-state index in [1.807, 2.05) is 26.0 Å². The smallest absolute Gasteiger partial charge is 0.264 e. The van der Waals surface area contributed by atoms with Gasteiger partial charge in [0, 0.05) is 18.0 Å². The number of nitrogens with one attached hydrogen (secondary N) is 2. The van der Waals surface area contributed by atoms with Gasteiger partial charge in [-0.05, 0) is 30.5 Å². The van der Waals surface area contributed by atoms with Gasteiger partial charge in [0.05, 0.1) is 5.71 Å². The van der Waals surface area contributed by atoms with Crippen molar-refractivity contribution < 1.29 is 14.4 Å². The minimum atomic E-state index is -0.726. The Balaban J connectivity index is 1.84. The van der Waals surface area contributed by atoms with E-state index in [-0.39, 0.29) is 11.8 Å². The summed E-state index contributed by atoms with van der Waals surface area (Å²) in [6, 6.07) is 6.54. The molecule has 24 heavy (non-hydrogen) atoms. The van der Waals surface area contributed by atoms with Gasteiger partial charge < -0.3 is 15.5 Å². The van der Waals surface area contributed by atoms with Crippen LogP contribution in [0.15, 0.2) is 29.4 Å². The standard InChI is InChI=1S/C17H22ClN3O3/c1-10(2)9-19-16(22)11(3)20-17(23)15-8-14(21-24-15)12-4-6-13(18)7-5-12/h4-7,10-11,15H,8-9H2,1-3H3,(H,19,22)(H,20,23)/t11-,15+/m1/s1. The Morgan fingerprint density at radius 3 is 2.58 bits per heavy atom. The molecular weight excluding hydrogens is 330 g/mol. The van der Waals surface area contributed by atoms with Gasteiger partial charge in [0.2, 0.25) is 12.0 Å². The van der Waals surface area contributed by atoms with Gasteiger partial charge in [0.25, 0.3) is 5.91 Å². The quantitative estimate of drug-likeness (QED) is 0.823. The number of amides is 2. The Kier molecular flexibility index (Phi) is 6.20. The molecule has 130 valence electrons. The van der Waals surface area contributed by atoms with E-state index < -0.39 is 12.1 Å². The number of carbonyl (C=O) groups excluding carboxylic acids is 2. The molecule has 7 heteroatoms. The lowest BCUT2D eigenvalue weighted by Gasteiger charge is -2.16. The number of halogens is 1. The number of nitrogens with zero attached hydrogens (tertiary/aromatic N) is 1. The first-order valence-corrected chi connectivity index (χ1v) is 8.31. The molecule has 0 aromatic heterocycles. The van der Waals surface area contributed by atoms with Crippen LogP contribution >= 0.6 is 11.6 Å². The zero-order chi connectivity index (χ0) is 17.7. The summed E-state index contributed by atoms with van der Waals surface area (Å²) < 4.78 is 0. The van der Waals surface area contributed by atoms with E-state index in [9.17, 15) is 9.59 Å². The number of carbonyl (C=O) groups is 2. The second kappa shape index (κ2) is 8.15. The lowest BCUT2D eigenvalue weighted by atomic mass is 10.0. The third kappa shape index (κ3) is 4.96. The van der Waals surface area contributed by atoms with Crippen LogP contribution in [0.3, 0.4) is 0 Å². The maximum atomic E-state index is 12.2. The first-order chi connectivity index (χ1) is 11.4. The van der Waals surface area contributed by atoms with Crippen LogP contribution in [0.4, 0.5) is 0 Å². The zero-order valence-electron chi connectivity index (χ0n) is 14.0. The summed E-state index contributed by atoms with van der Waals surface area (Å²) in [5, 5.41) is 10.0. The molecule has 1 aromatic rings. The maximum Gasteiger partial charge on any atom is 0.264 e. The van der Waals surface area contributed by atoms with E-state index in [2.05, 4.69) is 15.8 Å². The van der Waals surface area contributed by atoms with Gasteiger partial charge in [0.15, 0.2) is 0 Å². The molecule has 2 amide bonds. The Hall–Kier alpha value is -2.08. The van der Waals surface area contributed by atoms with Crippen LogP contribution in [-0.4, -0.2) is 36.2 Å². The van der Waals surface area contributed by atoms with Crippen LogP contribution in [0.25, 0.3) is 0 Å². The molecule has 1 aliphatic rings. The zero-order valence-corrected chi connectivity index (χ0v) is 14.8. The van der Waals surface area contributed by atoms with Crippen molar-refractivity contribution in [2.24, 2.45) is 11.1 Å². The summed E-state index contributed by atoms with van der Waals surface area (Å²) in [6.07, 6.45) is -0.371. The molecule has 0 spiro atoms. The van der Waals surface area contributed by atoms with Crippen LogP contribution in [0, 0.1) is 5.92 Å². The summed E-state index contributed by atoms with van der Waals surface area (Å²) in [7, 11) is 0. The van der Waals surface area contributed by atoms with E-state index in [0.717, 1.165) is 5.56 Å². The predicted molar refractivity (Wildman–Crippen MR) is 92.9 cm³/mol. The Morgan fingerprint density at radius 2 is 1.96 bits per heavy atom. The Bertz CT molecular complexity index is 628. The molecular formula is C17H22ClN3O3. The van der Waals surface area contributed by atoms with Gasteiger partial charge in [-0.25, -0.2) is 0 Å². The van der Waals surface area contributed by atoms with Crippen molar-refractivity contribution in [2.45, 2.75) is 39.3 Å². The van der Waals surface area contributed by atoms with E-state index in [1.54, 1.807) is 19.1 Å². The molecule has 0 bridgehead atoms. The van der Waals surface area contributed by atoms with E-state index in [4.69, 9.17) is 16.4 Å². The molecule has 6 nitrogen and oxygen atoms in total. The molecule has 0 fully saturated rings. The number of hydrogen-bond acceptors (Lipinski definition) is 4. The van der Waals surface area contributed by atoms with E-state index in [1.165, 1.54) is 0 Å². The van der Waals surface area contributed by atoms with Crippen molar-refractivity contribution in [3.05, 3.63) is 34.9 Å². The number of hydrogen-bond donors (Lipinski definition) is 2. The Morgan fingerprint density at radius 1 is 1.29 bits per heavy atom. The van der Waals surface area contributed by atoms with Gasteiger partial charge in [0.1, 0.15) is 6.04 Å². The average molecular weight is 352 g/mol. The lowest BCUT2D eigenvalue weighted by Crippen LogP contribution is -2.48. The molecule has 0 saturated heterocycles. The highest BCUT2D eigenvalue weighted by molar-refractivity contribution is 6.30. The lowest BCUT2D eigenvalue weighted by molar-refractivity contribution is -0.135. The van der Waals surface area contributed by atoms with Crippen LogP contribution in [0.5, 0.6) is 0 Å². The minimum Gasteiger partial charge on any atom is -0.382 e. The van der Waals surface area contributed by atoms with Crippen molar-refractivity contribution in [1.29, 1.82) is 0 Å². The fourth-order valence-corrected chi connectivity index (χ4v) is 2.29. The molecule has 0 unspecified atom stereocenters. The van der Waals surface area contributed by atoms with Crippen molar-refractivity contribution in [3.63, 3.8) is 0 Å². The molecule has 1 aromatic carbocycles. The first-order valence-electron chi connectivity index (χ1n) is 7.93. The highest BCUT2D eigenvalue weighted by Crippen LogP contribution is 2.18. The summed E-state index contributed by atoms with van der Waals surface area (Å²) in [5.74, 6) is -0.214. The first kappa shape index (κ1) is 18.3. The minimum absolute atomic E-state index is 0.214. The molecule has 0 radical (unpaired) electrons. The van der Waals surface area contributed by atoms with E-state index in [0.29, 0.717) is 29.6 Å². The molecule has 2 atom stereocenters. The highest BCUT2D eigenvalue weighted by Gasteiger charge is 2.30. The second-order valence-electron chi connectivity index (χ2n) is 6.21. The number of rotatable bonds is 6. The fourth-order valence-electron chi connectivity index (χ4n) is 2.16. The van der Waals surface area contributed by atoms with E-state index >= 15 is 0 Å². The number of benzene rings is 1. The topological polar surface area (TPSA) is 79.8 Å². The molecule has 0 aliphatic carbocycles. The van der Waals surface area contributed by atoms with Gasteiger partial charge in [-0.15, -0.1) is 0 Å². The third-order valence-corrected chi connectivity index (χ3v) is 3.83. The molecule has 0 saturated carbocycles. The fraction of sp³-hybridized carbons (Fsp3) is 0.471. The van der Waals surface area contributed by atoms with Crippen molar-refractivity contribution in [3.8, 4) is 0 Å². The van der Waals surface area contributed by atoms with Crippen LogP contribution in [-0.2, 0) is 14.4 Å². The van der Waals surface area contributed by atoms with Crippen molar-refractivity contribution >= 4 is 29.1 Å². The molecule has 2 N–H and O–H groups in total. The maximum absolute atomic E-state index is 12.2.